The fourth-order valence-corrected chi connectivity index (χ4v) is 4.61. The molecular weight excluding hydrogens is 527 g/mol. The molecule has 2 amide bonds. The minimum Gasteiger partial charge on any atom is -0.421 e. The smallest absolute Gasteiger partial charge is 0.421 e. The van der Waals surface area contributed by atoms with E-state index in [4.69, 9.17) is 18.3 Å². The van der Waals surface area contributed by atoms with Crippen LogP contribution in [0.3, 0.4) is 0 Å². The molecule has 1 fully saturated rings. The Balaban J connectivity index is 1.41. The number of aryl methyl sites for hydroxylation is 1. The lowest BCUT2D eigenvalue weighted by Gasteiger charge is -2.22. The topological polar surface area (TPSA) is 135 Å². The van der Waals surface area contributed by atoms with Gasteiger partial charge < -0.3 is 4.74 Å². The molecule has 1 aliphatic rings. The van der Waals surface area contributed by atoms with Crippen LogP contribution in [0.25, 0.3) is 0 Å². The Labute approximate surface area is 225 Å². The lowest BCUT2D eigenvalue weighted by atomic mass is 10.1. The van der Waals surface area contributed by atoms with E-state index < -0.39 is 37.6 Å². The van der Waals surface area contributed by atoms with Crippen LogP contribution >= 0.6 is 7.82 Å². The summed E-state index contributed by atoms with van der Waals surface area (Å²) >= 11 is 0. The third-order valence-electron chi connectivity index (χ3n) is 5.84. The maximum absolute atomic E-state index is 13.3. The zero-order chi connectivity index (χ0) is 27.8. The second-order valence-electron chi connectivity index (χ2n) is 8.79. The maximum atomic E-state index is 13.3. The number of hydrogen-bond acceptors (Lipinski definition) is 9. The molecule has 0 unspecified atom stereocenters. The van der Waals surface area contributed by atoms with Crippen LogP contribution in [0, 0.1) is 17.0 Å². The van der Waals surface area contributed by atoms with E-state index in [1.165, 1.54) is 12.1 Å². The number of amides is 2. The minimum absolute atomic E-state index is 0.0277. The van der Waals surface area contributed by atoms with Crippen LogP contribution in [0.2, 0.25) is 0 Å². The number of nitro benzene ring substituents is 1. The first-order valence-corrected chi connectivity index (χ1v) is 13.6. The summed E-state index contributed by atoms with van der Waals surface area (Å²) in [6.45, 7) is 0.568. The van der Waals surface area contributed by atoms with Gasteiger partial charge in [-0.05, 0) is 37.0 Å². The number of carbonyl (C=O) groups excluding carboxylic acids is 2. The summed E-state index contributed by atoms with van der Waals surface area (Å²) in [5.41, 5.74) is 1.56. The van der Waals surface area contributed by atoms with E-state index in [0.717, 1.165) is 22.1 Å². The highest BCUT2D eigenvalue weighted by atomic mass is 31.2. The largest absolute Gasteiger partial charge is 0.478 e. The molecule has 0 aromatic heterocycles. The van der Waals surface area contributed by atoms with Crippen molar-refractivity contribution in [3.63, 3.8) is 0 Å². The number of phosphoric acid groups is 1. The van der Waals surface area contributed by atoms with Gasteiger partial charge in [-0.3, -0.25) is 24.0 Å². The Morgan fingerprint density at radius 2 is 1.49 bits per heavy atom. The van der Waals surface area contributed by atoms with E-state index in [1.54, 1.807) is 55.5 Å². The average molecular weight is 554 g/mol. The summed E-state index contributed by atoms with van der Waals surface area (Å²) < 4.78 is 34.7. The molecular formula is C27H27N2O9P. The molecule has 0 saturated heterocycles. The van der Waals surface area contributed by atoms with E-state index in [9.17, 15) is 24.3 Å². The molecule has 204 valence electrons. The van der Waals surface area contributed by atoms with Crippen LogP contribution < -0.4 is 0 Å². The number of nitrogens with zero attached hydrogens (tertiary/aromatic N) is 2. The first-order valence-electron chi connectivity index (χ1n) is 12.1. The SMILES string of the molecule is Cc1ccc(C(=O)N(C(=O)OCOP(=O)(OCc2ccccc2)OCc2ccccc2)C2CC2)cc1[N+](=O)[O-]. The molecule has 4 rings (SSSR count). The third kappa shape index (κ3) is 7.81. The molecule has 0 radical (unpaired) electrons. The van der Waals surface area contributed by atoms with Crippen molar-refractivity contribution < 1.29 is 37.4 Å². The van der Waals surface area contributed by atoms with Crippen LogP contribution in [-0.2, 0) is 36.1 Å². The molecule has 1 saturated carbocycles. The van der Waals surface area contributed by atoms with Crippen LogP contribution in [0.5, 0.6) is 0 Å². The monoisotopic (exact) mass is 554 g/mol. The van der Waals surface area contributed by atoms with Gasteiger partial charge in [0.2, 0.25) is 6.79 Å². The van der Waals surface area contributed by atoms with Gasteiger partial charge in [0, 0.05) is 23.2 Å². The molecule has 11 nitrogen and oxygen atoms in total. The Morgan fingerprint density at radius 3 is 2.00 bits per heavy atom. The third-order valence-corrected chi connectivity index (χ3v) is 7.15. The summed E-state index contributed by atoms with van der Waals surface area (Å²) in [4.78, 5) is 37.5. The summed E-state index contributed by atoms with van der Waals surface area (Å²) in [6.07, 6.45) is 0.0895. The number of imide groups is 1. The number of carbonyl (C=O) groups is 2. The lowest BCUT2D eigenvalue weighted by Crippen LogP contribution is -2.39. The van der Waals surface area contributed by atoms with Gasteiger partial charge in [-0.25, -0.2) is 18.8 Å². The van der Waals surface area contributed by atoms with Crippen molar-refractivity contribution in [3.05, 3.63) is 111 Å². The van der Waals surface area contributed by atoms with Crippen LogP contribution in [0.15, 0.2) is 78.9 Å². The van der Waals surface area contributed by atoms with Crippen molar-refractivity contribution in [3.8, 4) is 0 Å². The molecule has 1 aliphatic carbocycles. The van der Waals surface area contributed by atoms with Crippen molar-refractivity contribution in [2.75, 3.05) is 6.79 Å². The molecule has 0 atom stereocenters. The normalized spacial score (nSPS) is 13.1. The molecule has 3 aromatic rings. The highest BCUT2D eigenvalue weighted by Crippen LogP contribution is 2.51. The van der Waals surface area contributed by atoms with Crippen LogP contribution in [-0.4, -0.2) is 34.7 Å². The van der Waals surface area contributed by atoms with Gasteiger partial charge in [0.25, 0.3) is 11.6 Å². The number of phosphoric ester groups is 1. The Hall–Kier alpha value is -3.89. The summed E-state index contributed by atoms with van der Waals surface area (Å²) in [6, 6.07) is 21.5. The maximum Gasteiger partial charge on any atom is 0.478 e. The van der Waals surface area contributed by atoms with E-state index in [1.807, 2.05) is 12.1 Å². The second kappa shape index (κ2) is 12.8. The molecule has 39 heavy (non-hydrogen) atoms. The summed E-state index contributed by atoms with van der Waals surface area (Å²) in [5, 5.41) is 11.3. The fraction of sp³-hybridized carbons (Fsp3) is 0.259. The Bertz CT molecular complexity index is 1320. The number of nitro groups is 1. The van der Waals surface area contributed by atoms with Gasteiger partial charge >= 0.3 is 13.9 Å². The summed E-state index contributed by atoms with van der Waals surface area (Å²) in [5.74, 6) is -0.741. The van der Waals surface area contributed by atoms with Gasteiger partial charge in [-0.2, -0.15) is 0 Å². The van der Waals surface area contributed by atoms with E-state index in [2.05, 4.69) is 0 Å². The molecule has 12 heteroatoms. The molecule has 0 spiro atoms. The average Bonchev–Trinajstić information content (AvgIpc) is 3.77. The second-order valence-corrected chi connectivity index (χ2v) is 10.5. The lowest BCUT2D eigenvalue weighted by molar-refractivity contribution is -0.385. The van der Waals surface area contributed by atoms with Crippen molar-refractivity contribution in [2.24, 2.45) is 0 Å². The van der Waals surface area contributed by atoms with E-state index in [0.29, 0.717) is 18.4 Å². The predicted octanol–water partition coefficient (Wildman–Crippen LogP) is 6.16. The highest BCUT2D eigenvalue weighted by Gasteiger charge is 2.39. The number of hydrogen-bond donors (Lipinski definition) is 0. The minimum atomic E-state index is -4.21. The van der Waals surface area contributed by atoms with Crippen LogP contribution in [0.4, 0.5) is 10.5 Å². The quantitative estimate of drug-likeness (QED) is 0.112. The molecule has 0 heterocycles. The van der Waals surface area contributed by atoms with Gasteiger partial charge in [0.1, 0.15) is 0 Å². The number of benzene rings is 3. The summed E-state index contributed by atoms with van der Waals surface area (Å²) in [7, 11) is -4.21. The van der Waals surface area contributed by atoms with Crippen molar-refractivity contribution in [2.45, 2.75) is 39.0 Å². The zero-order valence-electron chi connectivity index (χ0n) is 21.1. The highest BCUT2D eigenvalue weighted by molar-refractivity contribution is 7.48. The van der Waals surface area contributed by atoms with Crippen molar-refractivity contribution in [1.82, 2.24) is 4.90 Å². The van der Waals surface area contributed by atoms with Crippen molar-refractivity contribution >= 4 is 25.5 Å². The Kier molecular flexibility index (Phi) is 9.21. The first kappa shape index (κ1) is 28.1. The Morgan fingerprint density at radius 1 is 0.923 bits per heavy atom. The van der Waals surface area contributed by atoms with Crippen LogP contribution in [0.1, 0.15) is 39.9 Å². The molecule has 0 N–H and O–H groups in total. The van der Waals surface area contributed by atoms with Gasteiger partial charge in [-0.1, -0.05) is 66.7 Å². The first-order chi connectivity index (χ1) is 18.8. The van der Waals surface area contributed by atoms with Crippen molar-refractivity contribution in [1.29, 1.82) is 0 Å². The molecule has 0 bridgehead atoms. The van der Waals surface area contributed by atoms with Gasteiger partial charge in [0.05, 0.1) is 18.1 Å². The standard InChI is InChI=1S/C27H27N2O9P/c1-20-12-13-23(16-25(20)29(32)33)26(30)28(24-14-15-24)27(31)35-19-38-39(34,36-17-21-8-4-2-5-9-21)37-18-22-10-6-3-7-11-22/h2-13,16,24H,14-15,17-19H2,1H3. The van der Waals surface area contributed by atoms with E-state index >= 15 is 0 Å². The fourth-order valence-electron chi connectivity index (χ4n) is 3.59. The number of rotatable bonds is 12. The number of ether oxygens (including phenoxy) is 1. The predicted molar refractivity (Wildman–Crippen MR) is 140 cm³/mol. The molecule has 3 aromatic carbocycles. The molecule has 0 aliphatic heterocycles. The van der Waals surface area contributed by atoms with Gasteiger partial charge in [-0.15, -0.1) is 0 Å². The van der Waals surface area contributed by atoms with E-state index in [-0.39, 0.29) is 24.5 Å². The zero-order valence-corrected chi connectivity index (χ0v) is 22.0. The van der Waals surface area contributed by atoms with Gasteiger partial charge in [0.15, 0.2) is 0 Å².